The smallest absolute Gasteiger partial charge is 0.265 e. The largest absolute Gasteiger partial charge is 0.321 e. The summed E-state index contributed by atoms with van der Waals surface area (Å²) in [5.74, 6) is -0.110. The molecule has 0 saturated carbocycles. The number of benzene rings is 1. The molecule has 1 aromatic heterocycles. The van der Waals surface area contributed by atoms with Crippen molar-refractivity contribution in [3.8, 4) is 0 Å². The first-order valence-electron chi connectivity index (χ1n) is 4.89. The highest BCUT2D eigenvalue weighted by atomic mass is 79.9. The van der Waals surface area contributed by atoms with Crippen LogP contribution in [0, 0.1) is 6.92 Å². The van der Waals surface area contributed by atoms with Crippen molar-refractivity contribution >= 4 is 50.5 Å². The molecule has 0 atom stereocenters. The summed E-state index contributed by atoms with van der Waals surface area (Å²) in [5, 5.41) is 3.38. The van der Waals surface area contributed by atoms with Crippen LogP contribution in [0.2, 0.25) is 5.02 Å². The molecule has 0 saturated heterocycles. The van der Waals surface area contributed by atoms with Crippen molar-refractivity contribution in [2.24, 2.45) is 0 Å². The van der Waals surface area contributed by atoms with Gasteiger partial charge >= 0.3 is 0 Å². The van der Waals surface area contributed by atoms with Gasteiger partial charge in [0.25, 0.3) is 5.91 Å². The number of aryl methyl sites for hydroxylation is 1. The number of carbonyl (C=O) groups is 1. The molecule has 0 unspecified atom stereocenters. The van der Waals surface area contributed by atoms with Crippen LogP contribution in [-0.2, 0) is 0 Å². The third kappa shape index (κ3) is 3.09. The Kier molecular flexibility index (Phi) is 3.86. The SMILES string of the molecule is Cc1ccc(C(=O)Nc2ccc(Br)c(Cl)c2)s1. The fraction of sp³-hybridized carbons (Fsp3) is 0.0833. The number of anilines is 1. The van der Waals surface area contributed by atoms with Crippen molar-refractivity contribution in [2.45, 2.75) is 6.92 Å². The number of hydrogen-bond acceptors (Lipinski definition) is 2. The second kappa shape index (κ2) is 5.21. The molecule has 2 rings (SSSR count). The van der Waals surface area contributed by atoms with Crippen LogP contribution in [0.3, 0.4) is 0 Å². The zero-order chi connectivity index (χ0) is 12.4. The van der Waals surface area contributed by atoms with E-state index in [0.29, 0.717) is 15.6 Å². The molecule has 0 radical (unpaired) electrons. The van der Waals surface area contributed by atoms with Crippen LogP contribution >= 0.6 is 38.9 Å². The van der Waals surface area contributed by atoms with Gasteiger partial charge in [-0.05, 0) is 53.2 Å². The molecule has 2 nitrogen and oxygen atoms in total. The van der Waals surface area contributed by atoms with Gasteiger partial charge < -0.3 is 5.32 Å². The Morgan fingerprint density at radius 2 is 2.12 bits per heavy atom. The predicted octanol–water partition coefficient (Wildman–Crippen LogP) is 4.72. The van der Waals surface area contributed by atoms with Gasteiger partial charge in [-0.25, -0.2) is 0 Å². The van der Waals surface area contributed by atoms with Gasteiger partial charge in [-0.15, -0.1) is 11.3 Å². The van der Waals surface area contributed by atoms with E-state index in [1.807, 2.05) is 19.1 Å². The first-order valence-corrected chi connectivity index (χ1v) is 6.88. The average Bonchev–Trinajstić information content (AvgIpc) is 2.70. The predicted molar refractivity (Wildman–Crippen MR) is 76.2 cm³/mol. The Morgan fingerprint density at radius 1 is 1.35 bits per heavy atom. The highest BCUT2D eigenvalue weighted by Gasteiger charge is 2.08. The Hall–Kier alpha value is -0.840. The summed E-state index contributed by atoms with van der Waals surface area (Å²) < 4.78 is 0.809. The molecule has 1 N–H and O–H groups in total. The summed E-state index contributed by atoms with van der Waals surface area (Å²) >= 11 is 10.7. The van der Waals surface area contributed by atoms with E-state index in [1.54, 1.807) is 18.2 Å². The molecule has 5 heteroatoms. The number of amides is 1. The van der Waals surface area contributed by atoms with Gasteiger partial charge in [0.05, 0.1) is 9.90 Å². The first-order chi connectivity index (χ1) is 8.06. The summed E-state index contributed by atoms with van der Waals surface area (Å²) in [6, 6.07) is 9.06. The van der Waals surface area contributed by atoms with Crippen molar-refractivity contribution in [3.63, 3.8) is 0 Å². The van der Waals surface area contributed by atoms with Crippen molar-refractivity contribution < 1.29 is 4.79 Å². The van der Waals surface area contributed by atoms with E-state index < -0.39 is 0 Å². The lowest BCUT2D eigenvalue weighted by molar-refractivity contribution is 0.103. The molecule has 1 amide bonds. The monoisotopic (exact) mass is 329 g/mol. The standard InChI is InChI=1S/C12H9BrClNOS/c1-7-2-5-11(17-7)12(16)15-8-3-4-9(13)10(14)6-8/h2-6H,1H3,(H,15,16). The van der Waals surface area contributed by atoms with Gasteiger partial charge in [-0.2, -0.15) is 0 Å². The Labute approximate surface area is 117 Å². The summed E-state index contributed by atoms with van der Waals surface area (Å²) in [4.78, 5) is 13.7. The highest BCUT2D eigenvalue weighted by Crippen LogP contribution is 2.26. The van der Waals surface area contributed by atoms with Gasteiger partial charge in [0.2, 0.25) is 0 Å². The Morgan fingerprint density at radius 3 is 2.71 bits per heavy atom. The maximum atomic E-state index is 11.9. The van der Waals surface area contributed by atoms with Crippen molar-refractivity contribution in [1.82, 2.24) is 0 Å². The van der Waals surface area contributed by atoms with E-state index >= 15 is 0 Å². The summed E-state index contributed by atoms with van der Waals surface area (Å²) in [6.07, 6.45) is 0. The Balaban J connectivity index is 2.15. The molecule has 17 heavy (non-hydrogen) atoms. The van der Waals surface area contributed by atoms with Crippen LogP contribution in [0.4, 0.5) is 5.69 Å². The maximum absolute atomic E-state index is 11.9. The first kappa shape index (κ1) is 12.6. The average molecular weight is 331 g/mol. The molecule has 0 aliphatic heterocycles. The zero-order valence-electron chi connectivity index (χ0n) is 8.96. The van der Waals surface area contributed by atoms with Crippen LogP contribution in [0.5, 0.6) is 0 Å². The molecule has 1 aromatic carbocycles. The second-order valence-electron chi connectivity index (χ2n) is 3.49. The fourth-order valence-corrected chi connectivity index (χ4v) is 2.51. The number of thiophene rings is 1. The van der Waals surface area contributed by atoms with Gasteiger partial charge in [0, 0.05) is 15.0 Å². The summed E-state index contributed by atoms with van der Waals surface area (Å²) in [7, 11) is 0. The topological polar surface area (TPSA) is 29.1 Å². The van der Waals surface area contributed by atoms with Gasteiger partial charge in [-0.1, -0.05) is 11.6 Å². The molecular weight excluding hydrogens is 322 g/mol. The third-order valence-corrected chi connectivity index (χ3v) is 4.37. The number of carbonyl (C=O) groups excluding carboxylic acids is 1. The number of hydrogen-bond donors (Lipinski definition) is 1. The van der Waals surface area contributed by atoms with Gasteiger partial charge in [0.1, 0.15) is 0 Å². The maximum Gasteiger partial charge on any atom is 0.265 e. The van der Waals surface area contributed by atoms with Crippen molar-refractivity contribution in [1.29, 1.82) is 0 Å². The quantitative estimate of drug-likeness (QED) is 0.847. The lowest BCUT2D eigenvalue weighted by atomic mass is 10.3. The minimum atomic E-state index is -0.110. The van der Waals surface area contributed by atoms with E-state index in [9.17, 15) is 4.79 Å². The molecule has 0 fully saturated rings. The second-order valence-corrected chi connectivity index (χ2v) is 6.04. The zero-order valence-corrected chi connectivity index (χ0v) is 12.1. The van der Waals surface area contributed by atoms with Crippen LogP contribution in [-0.4, -0.2) is 5.91 Å². The van der Waals surface area contributed by atoms with Crippen LogP contribution in [0.15, 0.2) is 34.8 Å². The summed E-state index contributed by atoms with van der Waals surface area (Å²) in [5.41, 5.74) is 0.689. The van der Waals surface area contributed by atoms with E-state index in [2.05, 4.69) is 21.2 Å². The van der Waals surface area contributed by atoms with Gasteiger partial charge in [0.15, 0.2) is 0 Å². The molecule has 0 bridgehead atoms. The molecule has 2 aromatic rings. The minimum absolute atomic E-state index is 0.110. The number of halogens is 2. The lowest BCUT2D eigenvalue weighted by Gasteiger charge is -2.04. The molecule has 88 valence electrons. The minimum Gasteiger partial charge on any atom is -0.321 e. The van der Waals surface area contributed by atoms with Crippen LogP contribution in [0.25, 0.3) is 0 Å². The van der Waals surface area contributed by atoms with Crippen molar-refractivity contribution in [3.05, 3.63) is 49.6 Å². The lowest BCUT2D eigenvalue weighted by Crippen LogP contribution is -2.09. The molecule has 0 aliphatic carbocycles. The molecule has 1 heterocycles. The van der Waals surface area contributed by atoms with Gasteiger partial charge in [-0.3, -0.25) is 4.79 Å². The number of rotatable bonds is 2. The van der Waals surface area contributed by atoms with Crippen LogP contribution < -0.4 is 5.32 Å². The van der Waals surface area contributed by atoms with E-state index in [0.717, 1.165) is 9.35 Å². The molecule has 0 spiro atoms. The van der Waals surface area contributed by atoms with E-state index in [4.69, 9.17) is 11.6 Å². The summed E-state index contributed by atoms with van der Waals surface area (Å²) in [6.45, 7) is 1.97. The third-order valence-electron chi connectivity index (χ3n) is 2.14. The molecular formula is C12H9BrClNOS. The normalized spacial score (nSPS) is 10.3. The van der Waals surface area contributed by atoms with Crippen LogP contribution in [0.1, 0.15) is 14.5 Å². The fourth-order valence-electron chi connectivity index (χ4n) is 1.32. The molecule has 0 aliphatic rings. The van der Waals surface area contributed by atoms with Crippen molar-refractivity contribution in [2.75, 3.05) is 5.32 Å². The highest BCUT2D eigenvalue weighted by molar-refractivity contribution is 9.10. The number of nitrogens with one attached hydrogen (secondary N) is 1. The van der Waals surface area contributed by atoms with E-state index in [1.165, 1.54) is 11.3 Å². The Bertz CT molecular complexity index is 567. The van der Waals surface area contributed by atoms with E-state index in [-0.39, 0.29) is 5.91 Å².